The van der Waals surface area contributed by atoms with Crippen molar-refractivity contribution < 1.29 is 15.0 Å². The first-order chi connectivity index (χ1) is 8.61. The van der Waals surface area contributed by atoms with E-state index >= 15 is 0 Å². The average molecular weight is 250 g/mol. The Balaban J connectivity index is 1.94. The van der Waals surface area contributed by atoms with Crippen LogP contribution < -0.4 is 5.32 Å². The predicted octanol–water partition coefficient (Wildman–Crippen LogP) is 1.21. The minimum atomic E-state index is -0.807. The average Bonchev–Trinajstić information content (AvgIpc) is 2.38. The molecule has 2 rings (SSSR count). The zero-order valence-electron chi connectivity index (χ0n) is 10.2. The zero-order chi connectivity index (χ0) is 13.0. The van der Waals surface area contributed by atoms with E-state index in [1.54, 1.807) is 6.07 Å². The molecule has 1 amide bonds. The molecule has 3 N–H and O–H groups in total. The second-order valence-corrected chi connectivity index (χ2v) is 4.84. The number of aliphatic hydroxyl groups is 1. The summed E-state index contributed by atoms with van der Waals surface area (Å²) in [6, 6.07) is 2.97. The lowest BCUT2D eigenvalue weighted by Gasteiger charge is -2.32. The van der Waals surface area contributed by atoms with Crippen molar-refractivity contribution in [2.24, 2.45) is 0 Å². The van der Waals surface area contributed by atoms with Gasteiger partial charge in [0.15, 0.2) is 5.69 Å². The van der Waals surface area contributed by atoms with Gasteiger partial charge in [-0.1, -0.05) is 19.3 Å². The maximum atomic E-state index is 11.8. The van der Waals surface area contributed by atoms with Crippen LogP contribution in [0.3, 0.4) is 0 Å². The normalized spacial score (nSPS) is 18.3. The Labute approximate surface area is 106 Å². The first-order valence-corrected chi connectivity index (χ1v) is 6.25. The fraction of sp³-hybridized carbons (Fsp3) is 0.538. The molecule has 0 aliphatic heterocycles. The molecule has 1 aromatic heterocycles. The summed E-state index contributed by atoms with van der Waals surface area (Å²) >= 11 is 0. The summed E-state index contributed by atoms with van der Waals surface area (Å²) in [6.45, 7) is 0.210. The predicted molar refractivity (Wildman–Crippen MR) is 66.3 cm³/mol. The highest BCUT2D eigenvalue weighted by atomic mass is 16.3. The van der Waals surface area contributed by atoms with Gasteiger partial charge in [-0.05, 0) is 25.0 Å². The smallest absolute Gasteiger partial charge is 0.273 e. The van der Waals surface area contributed by atoms with Gasteiger partial charge < -0.3 is 15.5 Å². The molecule has 0 spiro atoms. The van der Waals surface area contributed by atoms with Gasteiger partial charge in [0.2, 0.25) is 0 Å². The lowest BCUT2D eigenvalue weighted by Crippen LogP contribution is -2.44. The maximum Gasteiger partial charge on any atom is 0.273 e. The number of carbonyl (C=O) groups is 1. The number of nitrogens with zero attached hydrogens (tertiary/aromatic N) is 1. The third-order valence-corrected chi connectivity index (χ3v) is 3.36. The van der Waals surface area contributed by atoms with Gasteiger partial charge in [-0.2, -0.15) is 0 Å². The molecule has 18 heavy (non-hydrogen) atoms. The van der Waals surface area contributed by atoms with Crippen LogP contribution in [0.25, 0.3) is 0 Å². The van der Waals surface area contributed by atoms with E-state index in [4.69, 9.17) is 0 Å². The molecule has 1 fully saturated rings. The molecule has 0 unspecified atom stereocenters. The number of aromatic nitrogens is 1. The van der Waals surface area contributed by atoms with Crippen molar-refractivity contribution in [1.29, 1.82) is 0 Å². The van der Waals surface area contributed by atoms with Gasteiger partial charge in [-0.15, -0.1) is 0 Å². The van der Waals surface area contributed by atoms with Crippen LogP contribution in [0.5, 0.6) is 5.75 Å². The number of carbonyl (C=O) groups excluding carboxylic acids is 1. The minimum Gasteiger partial charge on any atom is -0.505 e. The number of rotatable bonds is 3. The molecule has 1 saturated carbocycles. The summed E-state index contributed by atoms with van der Waals surface area (Å²) in [5.41, 5.74) is -0.810. The molecule has 0 aromatic carbocycles. The molecule has 0 bridgehead atoms. The summed E-state index contributed by atoms with van der Waals surface area (Å²) in [7, 11) is 0. The molecule has 0 saturated heterocycles. The number of hydrogen-bond acceptors (Lipinski definition) is 4. The number of hydrogen-bond donors (Lipinski definition) is 3. The SMILES string of the molecule is O=C(NCC1(O)CCCCC1)c1ncccc1O. The third kappa shape index (κ3) is 2.98. The van der Waals surface area contributed by atoms with Gasteiger partial charge in [0.05, 0.1) is 5.60 Å². The van der Waals surface area contributed by atoms with E-state index in [1.165, 1.54) is 12.3 Å². The van der Waals surface area contributed by atoms with Gasteiger partial charge in [0, 0.05) is 12.7 Å². The molecule has 0 atom stereocenters. The largest absolute Gasteiger partial charge is 0.505 e. The second-order valence-electron chi connectivity index (χ2n) is 4.84. The van der Waals surface area contributed by atoms with Crippen LogP contribution in [0, 0.1) is 0 Å². The Kier molecular flexibility index (Phi) is 3.81. The van der Waals surface area contributed by atoms with E-state index < -0.39 is 11.5 Å². The summed E-state index contributed by atoms with van der Waals surface area (Å²) in [4.78, 5) is 15.6. The molecule has 1 aliphatic rings. The lowest BCUT2D eigenvalue weighted by molar-refractivity contribution is 0.00518. The van der Waals surface area contributed by atoms with E-state index in [0.29, 0.717) is 12.8 Å². The quantitative estimate of drug-likeness (QED) is 0.753. The van der Waals surface area contributed by atoms with Crippen molar-refractivity contribution in [1.82, 2.24) is 10.3 Å². The molecule has 1 aliphatic carbocycles. The fourth-order valence-corrected chi connectivity index (χ4v) is 2.29. The van der Waals surface area contributed by atoms with Gasteiger partial charge in [0.1, 0.15) is 5.75 Å². The second kappa shape index (κ2) is 5.35. The topological polar surface area (TPSA) is 82.5 Å². The highest BCUT2D eigenvalue weighted by molar-refractivity contribution is 5.94. The minimum absolute atomic E-state index is 0.00286. The highest BCUT2D eigenvalue weighted by Crippen LogP contribution is 2.27. The highest BCUT2D eigenvalue weighted by Gasteiger charge is 2.29. The Morgan fingerprint density at radius 2 is 2.11 bits per heavy atom. The summed E-state index contributed by atoms with van der Waals surface area (Å²) in [6.07, 6.45) is 5.98. The van der Waals surface area contributed by atoms with Crippen molar-refractivity contribution in [2.45, 2.75) is 37.7 Å². The molecule has 5 heteroatoms. The number of aromatic hydroxyl groups is 1. The first-order valence-electron chi connectivity index (χ1n) is 6.25. The zero-order valence-corrected chi connectivity index (χ0v) is 10.2. The maximum absolute atomic E-state index is 11.8. The van der Waals surface area contributed by atoms with Crippen molar-refractivity contribution >= 4 is 5.91 Å². The van der Waals surface area contributed by atoms with Gasteiger partial charge in [-0.25, -0.2) is 4.98 Å². The molecular weight excluding hydrogens is 232 g/mol. The van der Waals surface area contributed by atoms with E-state index in [-0.39, 0.29) is 18.0 Å². The van der Waals surface area contributed by atoms with Crippen LogP contribution in [0.15, 0.2) is 18.3 Å². The van der Waals surface area contributed by atoms with Crippen molar-refractivity contribution in [3.8, 4) is 5.75 Å². The Morgan fingerprint density at radius 1 is 1.39 bits per heavy atom. The molecule has 1 aromatic rings. The van der Waals surface area contributed by atoms with Crippen molar-refractivity contribution in [2.75, 3.05) is 6.54 Å². The van der Waals surface area contributed by atoms with Crippen molar-refractivity contribution in [3.05, 3.63) is 24.0 Å². The van der Waals surface area contributed by atoms with Crippen LogP contribution in [0.1, 0.15) is 42.6 Å². The van der Waals surface area contributed by atoms with E-state index in [0.717, 1.165) is 19.3 Å². The molecule has 98 valence electrons. The van der Waals surface area contributed by atoms with E-state index in [1.807, 2.05) is 0 Å². The van der Waals surface area contributed by atoms with Crippen LogP contribution in [0.2, 0.25) is 0 Å². The number of nitrogens with one attached hydrogen (secondary N) is 1. The Hall–Kier alpha value is -1.62. The summed E-state index contributed by atoms with van der Waals surface area (Å²) in [5.74, 6) is -0.599. The molecule has 0 radical (unpaired) electrons. The Bertz CT molecular complexity index is 428. The lowest BCUT2D eigenvalue weighted by atomic mass is 9.85. The van der Waals surface area contributed by atoms with Crippen LogP contribution in [-0.2, 0) is 0 Å². The fourth-order valence-electron chi connectivity index (χ4n) is 2.29. The number of pyridine rings is 1. The standard InChI is InChI=1S/C13H18N2O3/c16-10-5-4-8-14-11(10)12(17)15-9-13(18)6-2-1-3-7-13/h4-5,8,16,18H,1-3,6-7,9H2,(H,15,17). The van der Waals surface area contributed by atoms with Gasteiger partial charge >= 0.3 is 0 Å². The molecule has 5 nitrogen and oxygen atoms in total. The molecule has 1 heterocycles. The van der Waals surface area contributed by atoms with E-state index in [2.05, 4.69) is 10.3 Å². The van der Waals surface area contributed by atoms with Crippen LogP contribution in [-0.4, -0.2) is 33.3 Å². The number of amides is 1. The summed E-state index contributed by atoms with van der Waals surface area (Å²) < 4.78 is 0. The van der Waals surface area contributed by atoms with Gasteiger partial charge in [0.25, 0.3) is 5.91 Å². The van der Waals surface area contributed by atoms with E-state index in [9.17, 15) is 15.0 Å². The van der Waals surface area contributed by atoms with Crippen molar-refractivity contribution in [3.63, 3.8) is 0 Å². The molecular formula is C13H18N2O3. The summed E-state index contributed by atoms with van der Waals surface area (Å²) in [5, 5.41) is 22.4. The monoisotopic (exact) mass is 250 g/mol. The third-order valence-electron chi connectivity index (χ3n) is 3.36. The Morgan fingerprint density at radius 3 is 2.78 bits per heavy atom. The van der Waals surface area contributed by atoms with Crippen LogP contribution in [0.4, 0.5) is 0 Å². The van der Waals surface area contributed by atoms with Gasteiger partial charge in [-0.3, -0.25) is 4.79 Å². The first kappa shape index (κ1) is 12.8. The van der Waals surface area contributed by atoms with Crippen LogP contribution >= 0.6 is 0 Å².